The maximum absolute atomic E-state index is 12.5. The van der Waals surface area contributed by atoms with E-state index in [1.54, 1.807) is 25.3 Å². The topological polar surface area (TPSA) is 68.5 Å². The summed E-state index contributed by atoms with van der Waals surface area (Å²) in [4.78, 5) is 18.3. The van der Waals surface area contributed by atoms with E-state index in [-0.39, 0.29) is 5.91 Å². The van der Waals surface area contributed by atoms with Gasteiger partial charge in [-0.25, -0.2) is 4.98 Å². The van der Waals surface area contributed by atoms with Crippen LogP contribution in [0.15, 0.2) is 30.5 Å². The number of anilines is 1. The van der Waals surface area contributed by atoms with Crippen LogP contribution >= 0.6 is 0 Å². The molecule has 0 saturated heterocycles. The summed E-state index contributed by atoms with van der Waals surface area (Å²) in [6.07, 6.45) is 2.35. The van der Waals surface area contributed by atoms with Gasteiger partial charge in [0.05, 0.1) is 5.56 Å². The third-order valence-electron chi connectivity index (χ3n) is 3.25. The van der Waals surface area contributed by atoms with Gasteiger partial charge < -0.3 is 15.4 Å². The van der Waals surface area contributed by atoms with Gasteiger partial charge in [-0.15, -0.1) is 0 Å². The predicted molar refractivity (Wildman–Crippen MR) is 79.6 cm³/mol. The van der Waals surface area contributed by atoms with Gasteiger partial charge in [0.25, 0.3) is 5.91 Å². The number of nitrogen functional groups attached to an aromatic ring is 1. The Bertz CT molecular complexity index is 613. The van der Waals surface area contributed by atoms with Crippen molar-refractivity contribution in [3.63, 3.8) is 0 Å². The van der Waals surface area contributed by atoms with E-state index in [9.17, 15) is 4.79 Å². The lowest BCUT2D eigenvalue weighted by Gasteiger charge is -2.18. The lowest BCUT2D eigenvalue weighted by Crippen LogP contribution is -2.28. The van der Waals surface area contributed by atoms with E-state index in [4.69, 9.17) is 10.5 Å². The molecule has 2 rings (SSSR count). The van der Waals surface area contributed by atoms with E-state index in [0.717, 1.165) is 17.2 Å². The molecule has 0 aliphatic heterocycles. The van der Waals surface area contributed by atoms with E-state index in [0.29, 0.717) is 24.5 Å². The van der Waals surface area contributed by atoms with Crippen molar-refractivity contribution in [1.29, 1.82) is 0 Å². The second-order valence-electron chi connectivity index (χ2n) is 4.68. The molecule has 0 aliphatic rings. The summed E-state index contributed by atoms with van der Waals surface area (Å²) in [5, 5.41) is 1.65. The number of methoxy groups -OCH3 is 1. The molecule has 20 heavy (non-hydrogen) atoms. The third-order valence-corrected chi connectivity index (χ3v) is 3.25. The van der Waals surface area contributed by atoms with E-state index in [2.05, 4.69) is 4.98 Å². The van der Waals surface area contributed by atoms with Crippen molar-refractivity contribution in [3.05, 3.63) is 36.0 Å². The van der Waals surface area contributed by atoms with Crippen LogP contribution in [-0.4, -0.2) is 43.1 Å². The average molecular weight is 273 g/mol. The highest BCUT2D eigenvalue weighted by atomic mass is 16.5. The fourth-order valence-corrected chi connectivity index (χ4v) is 2.14. The monoisotopic (exact) mass is 273 g/mol. The van der Waals surface area contributed by atoms with Crippen LogP contribution in [-0.2, 0) is 4.74 Å². The van der Waals surface area contributed by atoms with Crippen molar-refractivity contribution in [2.24, 2.45) is 0 Å². The standard InChI is InChI=1S/C15H19N3O2/c1-18(8-5-9-20-2)15(19)13-10-17-14(16)12-7-4-3-6-11(12)13/h3-4,6-7,10H,5,8-9H2,1-2H3,(H2,16,17). The van der Waals surface area contributed by atoms with Gasteiger partial charge in [-0.3, -0.25) is 4.79 Å². The summed E-state index contributed by atoms with van der Waals surface area (Å²) in [6.45, 7) is 1.28. The minimum Gasteiger partial charge on any atom is -0.385 e. The summed E-state index contributed by atoms with van der Waals surface area (Å²) in [5.74, 6) is 0.393. The van der Waals surface area contributed by atoms with Crippen LogP contribution in [0, 0.1) is 0 Å². The minimum absolute atomic E-state index is 0.0511. The highest BCUT2D eigenvalue weighted by Crippen LogP contribution is 2.23. The first kappa shape index (κ1) is 14.3. The largest absolute Gasteiger partial charge is 0.385 e. The number of rotatable bonds is 5. The Morgan fingerprint density at radius 1 is 1.35 bits per heavy atom. The van der Waals surface area contributed by atoms with Gasteiger partial charge in [0.15, 0.2) is 0 Å². The van der Waals surface area contributed by atoms with Crippen molar-refractivity contribution >= 4 is 22.5 Å². The SMILES string of the molecule is COCCCN(C)C(=O)c1cnc(N)c2ccccc12. The number of hydrogen-bond acceptors (Lipinski definition) is 4. The Kier molecular flexibility index (Phi) is 4.53. The average Bonchev–Trinajstić information content (AvgIpc) is 2.47. The lowest BCUT2D eigenvalue weighted by molar-refractivity contribution is 0.0781. The number of benzene rings is 1. The number of nitrogens with zero attached hydrogens (tertiary/aromatic N) is 2. The molecule has 0 unspecified atom stereocenters. The van der Waals surface area contributed by atoms with Crippen LogP contribution in [0.3, 0.4) is 0 Å². The Balaban J connectivity index is 2.28. The first-order valence-electron chi connectivity index (χ1n) is 6.52. The number of carbonyl (C=O) groups excluding carboxylic acids is 1. The Morgan fingerprint density at radius 3 is 2.75 bits per heavy atom. The summed E-state index contributed by atoms with van der Waals surface area (Å²) >= 11 is 0. The van der Waals surface area contributed by atoms with Crippen LogP contribution in [0.1, 0.15) is 16.8 Å². The van der Waals surface area contributed by atoms with Crippen LogP contribution in [0.2, 0.25) is 0 Å². The fraction of sp³-hybridized carbons (Fsp3) is 0.333. The number of fused-ring (bicyclic) bond motifs is 1. The van der Waals surface area contributed by atoms with Crippen molar-refractivity contribution in [1.82, 2.24) is 9.88 Å². The van der Waals surface area contributed by atoms with Crippen molar-refractivity contribution < 1.29 is 9.53 Å². The number of ether oxygens (including phenoxy) is 1. The molecular formula is C15H19N3O2. The molecule has 1 aromatic heterocycles. The van der Waals surface area contributed by atoms with Gasteiger partial charge in [0, 0.05) is 38.9 Å². The Labute approximate surface area is 118 Å². The summed E-state index contributed by atoms with van der Waals surface area (Å²) in [5.41, 5.74) is 6.43. The van der Waals surface area contributed by atoms with Gasteiger partial charge in [-0.2, -0.15) is 0 Å². The zero-order valence-corrected chi connectivity index (χ0v) is 11.8. The maximum atomic E-state index is 12.5. The second-order valence-corrected chi connectivity index (χ2v) is 4.68. The molecule has 0 aliphatic carbocycles. The minimum atomic E-state index is -0.0511. The molecule has 2 aromatic rings. The van der Waals surface area contributed by atoms with Gasteiger partial charge >= 0.3 is 0 Å². The van der Waals surface area contributed by atoms with E-state index >= 15 is 0 Å². The molecule has 5 nitrogen and oxygen atoms in total. The molecule has 0 radical (unpaired) electrons. The predicted octanol–water partition coefficient (Wildman–Crippen LogP) is 1.93. The molecule has 0 fully saturated rings. The fourth-order valence-electron chi connectivity index (χ4n) is 2.14. The number of carbonyl (C=O) groups is 1. The van der Waals surface area contributed by atoms with Gasteiger partial charge in [-0.1, -0.05) is 24.3 Å². The van der Waals surface area contributed by atoms with E-state index in [1.165, 1.54) is 0 Å². The van der Waals surface area contributed by atoms with Crippen molar-refractivity contribution in [2.75, 3.05) is 33.0 Å². The molecule has 0 saturated carbocycles. The molecule has 0 atom stereocenters. The van der Waals surface area contributed by atoms with Gasteiger partial charge in [0.1, 0.15) is 5.82 Å². The number of nitrogens with two attached hydrogens (primary N) is 1. The van der Waals surface area contributed by atoms with Crippen molar-refractivity contribution in [2.45, 2.75) is 6.42 Å². The van der Waals surface area contributed by atoms with E-state index in [1.807, 2.05) is 24.3 Å². The molecule has 5 heteroatoms. The molecule has 1 amide bonds. The molecular weight excluding hydrogens is 254 g/mol. The molecule has 1 aromatic carbocycles. The number of pyridine rings is 1. The molecule has 2 N–H and O–H groups in total. The normalized spacial score (nSPS) is 10.7. The lowest BCUT2D eigenvalue weighted by atomic mass is 10.1. The zero-order valence-electron chi connectivity index (χ0n) is 11.8. The Morgan fingerprint density at radius 2 is 2.05 bits per heavy atom. The number of aromatic nitrogens is 1. The van der Waals surface area contributed by atoms with Gasteiger partial charge in [0.2, 0.25) is 0 Å². The van der Waals surface area contributed by atoms with Crippen LogP contribution in [0.4, 0.5) is 5.82 Å². The second kappa shape index (κ2) is 6.34. The van der Waals surface area contributed by atoms with E-state index < -0.39 is 0 Å². The molecule has 1 heterocycles. The molecule has 0 bridgehead atoms. The highest BCUT2D eigenvalue weighted by Gasteiger charge is 2.16. The summed E-state index contributed by atoms with van der Waals surface area (Å²) in [6, 6.07) is 7.55. The number of hydrogen-bond donors (Lipinski definition) is 1. The first-order chi connectivity index (χ1) is 9.65. The summed E-state index contributed by atoms with van der Waals surface area (Å²) in [7, 11) is 3.43. The van der Waals surface area contributed by atoms with Crippen molar-refractivity contribution in [3.8, 4) is 0 Å². The summed E-state index contributed by atoms with van der Waals surface area (Å²) < 4.78 is 5.00. The maximum Gasteiger partial charge on any atom is 0.255 e. The third kappa shape index (κ3) is 2.88. The Hall–Kier alpha value is -2.14. The van der Waals surface area contributed by atoms with Crippen LogP contribution in [0.25, 0.3) is 10.8 Å². The van der Waals surface area contributed by atoms with Crippen LogP contribution < -0.4 is 5.73 Å². The smallest absolute Gasteiger partial charge is 0.255 e. The number of amides is 1. The van der Waals surface area contributed by atoms with Crippen LogP contribution in [0.5, 0.6) is 0 Å². The molecule has 106 valence electrons. The first-order valence-corrected chi connectivity index (χ1v) is 6.52. The molecule has 0 spiro atoms. The zero-order chi connectivity index (χ0) is 14.5. The quantitative estimate of drug-likeness (QED) is 0.845. The highest BCUT2D eigenvalue weighted by molar-refractivity contribution is 6.08. The van der Waals surface area contributed by atoms with Gasteiger partial charge in [-0.05, 0) is 11.8 Å².